The summed E-state index contributed by atoms with van der Waals surface area (Å²) in [6.07, 6.45) is 2.43. The van der Waals surface area contributed by atoms with Gasteiger partial charge in [-0.2, -0.15) is 0 Å². The largest absolute Gasteiger partial charge is 0.331 e. The molecule has 0 radical (unpaired) electrons. The maximum Gasteiger partial charge on any atom is 0.0968 e. The zero-order valence-corrected chi connectivity index (χ0v) is 4.49. The molecule has 7 heavy (non-hydrogen) atoms. The van der Waals surface area contributed by atoms with Crippen molar-refractivity contribution in [3.63, 3.8) is 0 Å². The van der Waals surface area contributed by atoms with Crippen LogP contribution in [0.2, 0.25) is 0 Å². The van der Waals surface area contributed by atoms with Gasteiger partial charge in [0, 0.05) is 6.04 Å². The molecule has 1 unspecified atom stereocenters. The summed E-state index contributed by atoms with van der Waals surface area (Å²) in [5.41, 5.74) is 0. The third kappa shape index (κ3) is 0.866. The maximum absolute atomic E-state index is 2.99. The van der Waals surface area contributed by atoms with Crippen molar-refractivity contribution in [3.8, 4) is 12.0 Å². The van der Waals surface area contributed by atoms with Crippen molar-refractivity contribution in [1.82, 2.24) is 5.32 Å². The van der Waals surface area contributed by atoms with Gasteiger partial charge in [-0.3, -0.25) is 0 Å². The molecule has 0 aliphatic carbocycles. The fourth-order valence-corrected chi connectivity index (χ4v) is 0.607. The fourth-order valence-electron chi connectivity index (χ4n) is 0.607. The summed E-state index contributed by atoms with van der Waals surface area (Å²) in [5, 5.41) is 2.99. The zero-order chi connectivity index (χ0) is 5.11. The van der Waals surface area contributed by atoms with Crippen molar-refractivity contribution in [3.05, 3.63) is 0 Å². The molecule has 1 N–H and O–H groups in total. The molecule has 1 atom stereocenters. The average molecular weight is 95.1 g/mol. The minimum absolute atomic E-state index is 0.519. The Balaban J connectivity index is 2.11. The molecule has 0 fully saturated rings. The summed E-state index contributed by atoms with van der Waals surface area (Å²) in [6.45, 7) is 2.17. The van der Waals surface area contributed by atoms with Crippen LogP contribution in [0.3, 0.4) is 0 Å². The lowest BCUT2D eigenvalue weighted by Crippen LogP contribution is -2.29. The Morgan fingerprint density at radius 1 is 1.71 bits per heavy atom. The van der Waals surface area contributed by atoms with Crippen LogP contribution in [0.5, 0.6) is 0 Å². The number of hydrogen-bond acceptors (Lipinski definition) is 1. The van der Waals surface area contributed by atoms with Crippen molar-refractivity contribution >= 4 is 0 Å². The molecular formula is C6H9N. The van der Waals surface area contributed by atoms with E-state index in [1.165, 1.54) is 12.8 Å². The fraction of sp³-hybridized carbons (Fsp3) is 0.667. The molecule has 1 nitrogen and oxygen atoms in total. The summed E-state index contributed by atoms with van der Waals surface area (Å²) < 4.78 is 0. The van der Waals surface area contributed by atoms with E-state index in [0.29, 0.717) is 6.04 Å². The van der Waals surface area contributed by atoms with Gasteiger partial charge in [0.05, 0.1) is 6.04 Å². The van der Waals surface area contributed by atoms with Crippen molar-refractivity contribution in [2.45, 2.75) is 25.8 Å². The molecule has 1 heterocycles. The SMILES string of the molecule is CCCC1C#CN1. The molecular weight excluding hydrogens is 86.1 g/mol. The van der Waals surface area contributed by atoms with Crippen molar-refractivity contribution < 1.29 is 0 Å². The quantitative estimate of drug-likeness (QED) is 0.498. The molecule has 0 bridgehead atoms. The first kappa shape index (κ1) is 4.52. The Labute approximate surface area is 44.1 Å². The van der Waals surface area contributed by atoms with Gasteiger partial charge < -0.3 is 5.32 Å². The number of rotatable bonds is 2. The second-order valence-corrected chi connectivity index (χ2v) is 1.75. The van der Waals surface area contributed by atoms with Gasteiger partial charge >= 0.3 is 0 Å². The van der Waals surface area contributed by atoms with E-state index in [0.717, 1.165) is 0 Å². The molecule has 0 spiro atoms. The lowest BCUT2D eigenvalue weighted by molar-refractivity contribution is 0.627. The highest BCUT2D eigenvalue weighted by atomic mass is 14.9. The first-order chi connectivity index (χ1) is 3.43. The Hall–Kier alpha value is -0.640. The van der Waals surface area contributed by atoms with Crippen molar-refractivity contribution in [2.24, 2.45) is 0 Å². The van der Waals surface area contributed by atoms with Gasteiger partial charge in [0.25, 0.3) is 0 Å². The van der Waals surface area contributed by atoms with Gasteiger partial charge in [0.15, 0.2) is 0 Å². The highest BCUT2D eigenvalue weighted by molar-refractivity contribution is 5.18. The summed E-state index contributed by atoms with van der Waals surface area (Å²) in [7, 11) is 0. The molecule has 1 aliphatic heterocycles. The Morgan fingerprint density at radius 3 is 2.57 bits per heavy atom. The molecule has 0 amide bonds. The van der Waals surface area contributed by atoms with E-state index in [2.05, 4.69) is 24.2 Å². The second kappa shape index (κ2) is 1.88. The van der Waals surface area contributed by atoms with Crippen LogP contribution in [0.4, 0.5) is 0 Å². The zero-order valence-electron chi connectivity index (χ0n) is 4.49. The summed E-state index contributed by atoms with van der Waals surface area (Å²) >= 11 is 0. The standard InChI is InChI=1S/C6H9N/c1-2-3-6-4-5-7-6/h6-7H,2-3H2,1H3. The number of nitrogens with one attached hydrogen (secondary N) is 1. The van der Waals surface area contributed by atoms with E-state index in [4.69, 9.17) is 0 Å². The van der Waals surface area contributed by atoms with Gasteiger partial charge in [0.1, 0.15) is 0 Å². The van der Waals surface area contributed by atoms with Crippen molar-refractivity contribution in [2.75, 3.05) is 0 Å². The third-order valence-corrected chi connectivity index (χ3v) is 1.07. The topological polar surface area (TPSA) is 12.0 Å². The number of hydrogen-bond donors (Lipinski definition) is 1. The van der Waals surface area contributed by atoms with Crippen LogP contribution in [0.25, 0.3) is 0 Å². The predicted molar refractivity (Wildman–Crippen MR) is 29.6 cm³/mol. The second-order valence-electron chi connectivity index (χ2n) is 1.75. The highest BCUT2D eigenvalue weighted by Crippen LogP contribution is 1.97. The normalized spacial score (nSPS) is 23.9. The van der Waals surface area contributed by atoms with Gasteiger partial charge in [0.2, 0.25) is 0 Å². The van der Waals surface area contributed by atoms with Crippen LogP contribution in [-0.4, -0.2) is 6.04 Å². The summed E-state index contributed by atoms with van der Waals surface area (Å²) in [6, 6.07) is 3.26. The van der Waals surface area contributed by atoms with Crippen LogP contribution >= 0.6 is 0 Å². The first-order valence-electron chi connectivity index (χ1n) is 2.69. The Kier molecular flexibility index (Phi) is 1.21. The lowest BCUT2D eigenvalue weighted by Gasteiger charge is -2.12. The Morgan fingerprint density at radius 2 is 2.43 bits per heavy atom. The molecule has 1 rings (SSSR count). The van der Waals surface area contributed by atoms with Crippen LogP contribution in [0, 0.1) is 12.0 Å². The summed E-state index contributed by atoms with van der Waals surface area (Å²) in [5.74, 6) is 2.99. The summed E-state index contributed by atoms with van der Waals surface area (Å²) in [4.78, 5) is 0. The first-order valence-corrected chi connectivity index (χ1v) is 2.69. The molecule has 0 aromatic rings. The molecule has 0 aromatic heterocycles. The van der Waals surface area contributed by atoms with Gasteiger partial charge in [-0.25, -0.2) is 0 Å². The van der Waals surface area contributed by atoms with E-state index >= 15 is 0 Å². The predicted octanol–water partition coefficient (Wildman–Crippen LogP) is 0.719. The van der Waals surface area contributed by atoms with E-state index < -0.39 is 0 Å². The van der Waals surface area contributed by atoms with E-state index in [1.54, 1.807) is 0 Å². The van der Waals surface area contributed by atoms with Crippen LogP contribution in [-0.2, 0) is 0 Å². The minimum atomic E-state index is 0.519. The van der Waals surface area contributed by atoms with E-state index in [1.807, 2.05) is 0 Å². The van der Waals surface area contributed by atoms with Gasteiger partial charge in [-0.15, -0.1) is 0 Å². The monoisotopic (exact) mass is 95.1 g/mol. The van der Waals surface area contributed by atoms with Crippen LogP contribution < -0.4 is 5.32 Å². The highest BCUT2D eigenvalue weighted by Gasteiger charge is 2.04. The van der Waals surface area contributed by atoms with Gasteiger partial charge in [-0.05, 0) is 6.42 Å². The van der Waals surface area contributed by atoms with Gasteiger partial charge in [-0.1, -0.05) is 19.3 Å². The smallest absolute Gasteiger partial charge is 0.0968 e. The molecule has 0 saturated carbocycles. The average Bonchev–Trinajstić information content (AvgIpc) is 1.55. The molecule has 0 aromatic carbocycles. The molecule has 38 valence electrons. The Bertz CT molecular complexity index is 107. The third-order valence-electron chi connectivity index (χ3n) is 1.07. The minimum Gasteiger partial charge on any atom is -0.331 e. The molecule has 0 saturated heterocycles. The lowest BCUT2D eigenvalue weighted by atomic mass is 10.1. The maximum atomic E-state index is 2.99. The van der Waals surface area contributed by atoms with Crippen LogP contribution in [0.15, 0.2) is 0 Å². The molecule has 1 heteroatoms. The molecule has 1 aliphatic rings. The van der Waals surface area contributed by atoms with Crippen molar-refractivity contribution in [1.29, 1.82) is 0 Å². The van der Waals surface area contributed by atoms with E-state index in [9.17, 15) is 0 Å². The van der Waals surface area contributed by atoms with E-state index in [-0.39, 0.29) is 0 Å². The van der Waals surface area contributed by atoms with Crippen LogP contribution in [0.1, 0.15) is 19.8 Å².